The molecule has 4 nitrogen and oxygen atoms in total. The average molecular weight is 342 g/mol. The van der Waals surface area contributed by atoms with E-state index in [1.807, 2.05) is 0 Å². The summed E-state index contributed by atoms with van der Waals surface area (Å²) in [7, 11) is -4.67. The highest BCUT2D eigenvalue weighted by Gasteiger charge is 1.85. The summed E-state index contributed by atoms with van der Waals surface area (Å²) in [6, 6.07) is 0. The predicted octanol–water partition coefficient (Wildman–Crippen LogP) is 2.68. The van der Waals surface area contributed by atoms with Crippen molar-refractivity contribution in [3.8, 4) is 0 Å². The first-order valence-electron chi connectivity index (χ1n) is 3.73. The van der Waals surface area contributed by atoms with Gasteiger partial charge in [-0.25, -0.2) is 0 Å². The third-order valence-corrected chi connectivity index (χ3v) is 2.14. The molecular weight excluding hydrogens is 328 g/mol. The molecule has 0 aromatic rings. The lowest BCUT2D eigenvalue weighted by Crippen LogP contribution is -1.89. The van der Waals surface area contributed by atoms with Gasteiger partial charge in [0, 0.05) is 10.7 Å². The van der Waals surface area contributed by atoms with Gasteiger partial charge in [-0.3, -0.25) is 9.11 Å². The number of alkyl halides is 2. The lowest BCUT2D eigenvalue weighted by molar-refractivity contribution is 0.381. The molecule has 0 amide bonds. The zero-order valence-corrected chi connectivity index (χ0v) is 11.1. The van der Waals surface area contributed by atoms with Gasteiger partial charge in [-0.15, -0.1) is 0 Å². The Hall–Kier alpha value is 0.830. The highest BCUT2D eigenvalue weighted by molar-refractivity contribution is 9.09. The van der Waals surface area contributed by atoms with Crippen LogP contribution in [0.15, 0.2) is 0 Å². The second kappa shape index (κ2) is 10.9. The Morgan fingerprint density at radius 3 is 1.23 bits per heavy atom. The van der Waals surface area contributed by atoms with Crippen molar-refractivity contribution in [2.24, 2.45) is 0 Å². The molecule has 7 heteroatoms. The van der Waals surface area contributed by atoms with Gasteiger partial charge in [-0.2, -0.15) is 8.42 Å². The molecule has 0 aromatic carbocycles. The quantitative estimate of drug-likeness (QED) is 0.458. The summed E-state index contributed by atoms with van der Waals surface area (Å²) >= 11 is 6.78. The molecule has 0 saturated heterocycles. The first kappa shape index (κ1) is 16.3. The lowest BCUT2D eigenvalue weighted by Gasteiger charge is -1.92. The number of rotatable bonds is 5. The summed E-state index contributed by atoms with van der Waals surface area (Å²) in [5.74, 6) is 0. The maximum Gasteiger partial charge on any atom is 0.394 e. The molecule has 82 valence electrons. The van der Waals surface area contributed by atoms with E-state index in [1.54, 1.807) is 0 Å². The minimum Gasteiger partial charge on any atom is -0.264 e. The van der Waals surface area contributed by atoms with E-state index in [-0.39, 0.29) is 0 Å². The van der Waals surface area contributed by atoms with Crippen LogP contribution in [-0.2, 0) is 10.4 Å². The van der Waals surface area contributed by atoms with E-state index in [9.17, 15) is 0 Å². The van der Waals surface area contributed by atoms with Gasteiger partial charge in [0.2, 0.25) is 0 Å². The molecule has 0 aliphatic rings. The molecule has 2 N–H and O–H groups in total. The topological polar surface area (TPSA) is 74.6 Å². The number of halogens is 2. The summed E-state index contributed by atoms with van der Waals surface area (Å²) in [6.45, 7) is 0. The van der Waals surface area contributed by atoms with Crippen molar-refractivity contribution in [3.63, 3.8) is 0 Å². The molecule has 0 atom stereocenters. The third-order valence-electron chi connectivity index (χ3n) is 1.02. The summed E-state index contributed by atoms with van der Waals surface area (Å²) in [5.41, 5.74) is 0. The Balaban J connectivity index is 0. The van der Waals surface area contributed by atoms with Crippen LogP contribution in [0.1, 0.15) is 25.7 Å². The van der Waals surface area contributed by atoms with Crippen molar-refractivity contribution in [1.82, 2.24) is 0 Å². The summed E-state index contributed by atoms with van der Waals surface area (Å²) in [5, 5.41) is 2.32. The Morgan fingerprint density at radius 1 is 0.846 bits per heavy atom. The zero-order chi connectivity index (χ0) is 10.7. The van der Waals surface area contributed by atoms with Gasteiger partial charge in [0.15, 0.2) is 0 Å². The molecule has 0 spiro atoms. The molecule has 0 fully saturated rings. The molecule has 0 aromatic heterocycles. The van der Waals surface area contributed by atoms with Crippen molar-refractivity contribution in [2.45, 2.75) is 25.7 Å². The number of unbranched alkanes of at least 4 members (excludes halogenated alkanes) is 3. The van der Waals surface area contributed by atoms with E-state index in [0.29, 0.717) is 0 Å². The van der Waals surface area contributed by atoms with Gasteiger partial charge in [0.25, 0.3) is 0 Å². The molecule has 13 heavy (non-hydrogen) atoms. The fraction of sp³-hybridized carbons (Fsp3) is 1.00. The Morgan fingerprint density at radius 2 is 1.08 bits per heavy atom. The molecule has 0 bridgehead atoms. The number of hydrogen-bond donors (Lipinski definition) is 2. The van der Waals surface area contributed by atoms with Crippen LogP contribution in [0.4, 0.5) is 0 Å². The highest BCUT2D eigenvalue weighted by Crippen LogP contribution is 2.02. The number of hydrogen-bond acceptors (Lipinski definition) is 2. The Kier molecular flexibility index (Phi) is 13.6. The normalized spacial score (nSPS) is 10.5. The van der Waals surface area contributed by atoms with E-state index in [4.69, 9.17) is 17.5 Å². The van der Waals surface area contributed by atoms with E-state index in [0.717, 1.165) is 10.7 Å². The maximum atomic E-state index is 8.74. The third kappa shape index (κ3) is 44.3. The average Bonchev–Trinajstić information content (AvgIpc) is 1.95. The van der Waals surface area contributed by atoms with Crippen molar-refractivity contribution in [1.29, 1.82) is 0 Å². The molecule has 0 aliphatic heterocycles. The maximum absolute atomic E-state index is 8.74. The monoisotopic (exact) mass is 340 g/mol. The van der Waals surface area contributed by atoms with Gasteiger partial charge in [0.1, 0.15) is 0 Å². The first-order chi connectivity index (χ1) is 5.91. The molecule has 0 saturated carbocycles. The summed E-state index contributed by atoms with van der Waals surface area (Å²) < 4.78 is 31.6. The van der Waals surface area contributed by atoms with E-state index >= 15 is 0 Å². The molecule has 0 unspecified atom stereocenters. The van der Waals surface area contributed by atoms with Crippen LogP contribution in [0.2, 0.25) is 0 Å². The van der Waals surface area contributed by atoms with Crippen LogP contribution >= 0.6 is 31.9 Å². The standard InChI is InChI=1S/C6H12Br2.H2O4S/c7-5-3-1-2-4-6-8;1-5(2,3)4/h1-6H2;(H2,1,2,3,4). The van der Waals surface area contributed by atoms with Gasteiger partial charge in [-0.1, -0.05) is 44.7 Å². The van der Waals surface area contributed by atoms with E-state index in [1.165, 1.54) is 25.7 Å². The van der Waals surface area contributed by atoms with Gasteiger partial charge < -0.3 is 0 Å². The van der Waals surface area contributed by atoms with Crippen molar-refractivity contribution < 1.29 is 17.5 Å². The Labute approximate surface area is 95.9 Å². The van der Waals surface area contributed by atoms with Gasteiger partial charge in [-0.05, 0) is 12.8 Å². The fourth-order valence-corrected chi connectivity index (χ4v) is 1.34. The van der Waals surface area contributed by atoms with Crippen molar-refractivity contribution in [2.75, 3.05) is 10.7 Å². The minimum atomic E-state index is -4.67. The fourth-order valence-electron chi connectivity index (χ4n) is 0.543. The van der Waals surface area contributed by atoms with Crippen LogP contribution in [0.5, 0.6) is 0 Å². The minimum absolute atomic E-state index is 1.16. The lowest BCUT2D eigenvalue weighted by atomic mass is 10.2. The van der Waals surface area contributed by atoms with Crippen LogP contribution in [-0.4, -0.2) is 28.2 Å². The predicted molar refractivity (Wildman–Crippen MR) is 60.2 cm³/mol. The smallest absolute Gasteiger partial charge is 0.264 e. The summed E-state index contributed by atoms with van der Waals surface area (Å²) in [4.78, 5) is 0. The largest absolute Gasteiger partial charge is 0.394 e. The Bertz CT molecular complexity index is 167. The molecule has 0 aliphatic carbocycles. The molecule has 0 heterocycles. The van der Waals surface area contributed by atoms with E-state index < -0.39 is 10.4 Å². The second-order valence-electron chi connectivity index (χ2n) is 2.24. The van der Waals surface area contributed by atoms with Gasteiger partial charge in [0.05, 0.1) is 0 Å². The zero-order valence-electron chi connectivity index (χ0n) is 7.12. The van der Waals surface area contributed by atoms with Crippen molar-refractivity contribution in [3.05, 3.63) is 0 Å². The molecular formula is C6H14Br2O4S. The van der Waals surface area contributed by atoms with Crippen LogP contribution in [0.25, 0.3) is 0 Å². The van der Waals surface area contributed by atoms with Crippen LogP contribution < -0.4 is 0 Å². The first-order valence-corrected chi connectivity index (χ1v) is 7.37. The van der Waals surface area contributed by atoms with Gasteiger partial charge >= 0.3 is 10.4 Å². The SMILES string of the molecule is BrCCCCCCBr.O=S(=O)(O)O. The molecule has 0 radical (unpaired) electrons. The highest BCUT2D eigenvalue weighted by atomic mass is 79.9. The van der Waals surface area contributed by atoms with Crippen molar-refractivity contribution >= 4 is 42.3 Å². The second-order valence-corrected chi connectivity index (χ2v) is 4.72. The van der Waals surface area contributed by atoms with Crippen LogP contribution in [0, 0.1) is 0 Å². The molecule has 0 rings (SSSR count). The van der Waals surface area contributed by atoms with E-state index in [2.05, 4.69) is 31.9 Å². The summed E-state index contributed by atoms with van der Waals surface area (Å²) in [6.07, 6.45) is 5.40. The van der Waals surface area contributed by atoms with Crippen LogP contribution in [0.3, 0.4) is 0 Å².